The summed E-state index contributed by atoms with van der Waals surface area (Å²) in [7, 11) is 3.24. The van der Waals surface area contributed by atoms with Crippen molar-refractivity contribution in [2.24, 2.45) is 0 Å². The van der Waals surface area contributed by atoms with Gasteiger partial charge in [0.1, 0.15) is 10.6 Å². The second-order valence-electron chi connectivity index (χ2n) is 5.94. The monoisotopic (exact) mass is 363 g/mol. The SMILES string of the molecule is CCN1CCc2c(sc3c2c(NCC(OC)OC)nc2nnnn23)C1. The molecule has 0 amide bonds. The molecule has 0 unspecified atom stereocenters. The minimum absolute atomic E-state index is 0.339. The second kappa shape index (κ2) is 6.79. The van der Waals surface area contributed by atoms with Crippen LogP contribution in [0.25, 0.3) is 16.0 Å². The van der Waals surface area contributed by atoms with E-state index in [1.54, 1.807) is 30.1 Å². The molecule has 0 bridgehead atoms. The van der Waals surface area contributed by atoms with Crippen LogP contribution in [0.15, 0.2) is 0 Å². The van der Waals surface area contributed by atoms with Gasteiger partial charge < -0.3 is 14.8 Å². The lowest BCUT2D eigenvalue weighted by Crippen LogP contribution is -2.29. The number of nitrogens with one attached hydrogen (secondary N) is 1. The van der Waals surface area contributed by atoms with Gasteiger partial charge in [-0.1, -0.05) is 12.0 Å². The van der Waals surface area contributed by atoms with Gasteiger partial charge in [0.2, 0.25) is 0 Å². The molecule has 4 heterocycles. The number of rotatable bonds is 6. The molecule has 0 aromatic carbocycles. The van der Waals surface area contributed by atoms with E-state index in [2.05, 4.69) is 37.6 Å². The van der Waals surface area contributed by atoms with Crippen LogP contribution in [0, 0.1) is 0 Å². The zero-order valence-corrected chi connectivity index (χ0v) is 15.3. The van der Waals surface area contributed by atoms with Crippen LogP contribution in [0.3, 0.4) is 0 Å². The molecule has 10 heteroatoms. The van der Waals surface area contributed by atoms with Crippen molar-refractivity contribution < 1.29 is 9.47 Å². The van der Waals surface area contributed by atoms with Gasteiger partial charge in [-0.3, -0.25) is 4.90 Å². The van der Waals surface area contributed by atoms with Crippen molar-refractivity contribution in [3.05, 3.63) is 10.4 Å². The highest BCUT2D eigenvalue weighted by Crippen LogP contribution is 2.38. The van der Waals surface area contributed by atoms with Gasteiger partial charge in [-0.05, 0) is 29.0 Å². The highest BCUT2D eigenvalue weighted by molar-refractivity contribution is 7.19. The lowest BCUT2D eigenvalue weighted by Gasteiger charge is -2.25. The van der Waals surface area contributed by atoms with Crippen molar-refractivity contribution in [3.63, 3.8) is 0 Å². The van der Waals surface area contributed by atoms with Gasteiger partial charge in [0.25, 0.3) is 5.78 Å². The molecule has 25 heavy (non-hydrogen) atoms. The minimum atomic E-state index is -0.339. The average molecular weight is 363 g/mol. The van der Waals surface area contributed by atoms with E-state index < -0.39 is 0 Å². The molecule has 9 nitrogen and oxygen atoms in total. The van der Waals surface area contributed by atoms with Crippen LogP contribution in [-0.2, 0) is 22.4 Å². The first-order valence-electron chi connectivity index (χ1n) is 8.29. The quantitative estimate of drug-likeness (QED) is 0.652. The van der Waals surface area contributed by atoms with E-state index >= 15 is 0 Å². The first-order valence-corrected chi connectivity index (χ1v) is 9.11. The number of hydrogen-bond donors (Lipinski definition) is 1. The molecule has 3 aromatic rings. The molecule has 134 valence electrons. The lowest BCUT2D eigenvalue weighted by molar-refractivity contribution is -0.0914. The summed E-state index contributed by atoms with van der Waals surface area (Å²) >= 11 is 1.75. The summed E-state index contributed by atoms with van der Waals surface area (Å²) < 4.78 is 12.3. The standard InChI is InChI=1S/C15H21N7O2S/c1-4-21-6-5-9-10(8-21)25-14-12(9)13(16-7-11(23-2)24-3)17-15-18-19-20-22(14)15/h11H,4-8H2,1-3H3,(H,16,17,18,20). The van der Waals surface area contributed by atoms with Gasteiger partial charge in [0.15, 0.2) is 6.29 Å². The number of aromatic nitrogens is 5. The number of likely N-dealkylation sites (N-methyl/N-ethyl adjacent to an activating group) is 1. The number of methoxy groups -OCH3 is 2. The molecule has 3 aromatic heterocycles. The van der Waals surface area contributed by atoms with E-state index in [1.807, 2.05) is 0 Å². The molecular formula is C15H21N7O2S. The molecule has 0 spiro atoms. The first kappa shape index (κ1) is 16.6. The number of anilines is 1. The third-order valence-corrected chi connectivity index (χ3v) is 5.81. The number of nitrogens with zero attached hydrogens (tertiary/aromatic N) is 6. The molecule has 0 saturated carbocycles. The Hall–Kier alpha value is -1.88. The van der Waals surface area contributed by atoms with Gasteiger partial charge in [-0.25, -0.2) is 0 Å². The highest BCUT2D eigenvalue weighted by atomic mass is 32.1. The fourth-order valence-corrected chi connectivity index (χ4v) is 4.55. The van der Waals surface area contributed by atoms with Crippen molar-refractivity contribution in [1.29, 1.82) is 0 Å². The van der Waals surface area contributed by atoms with Crippen LogP contribution in [0.1, 0.15) is 17.4 Å². The van der Waals surface area contributed by atoms with E-state index in [1.165, 1.54) is 10.4 Å². The highest BCUT2D eigenvalue weighted by Gasteiger charge is 2.25. The zero-order valence-electron chi connectivity index (χ0n) is 14.5. The van der Waals surface area contributed by atoms with Crippen LogP contribution in [0.5, 0.6) is 0 Å². The molecule has 0 radical (unpaired) electrons. The van der Waals surface area contributed by atoms with E-state index in [0.29, 0.717) is 12.3 Å². The van der Waals surface area contributed by atoms with Crippen molar-refractivity contribution in [1.82, 2.24) is 29.9 Å². The van der Waals surface area contributed by atoms with Crippen LogP contribution in [0.4, 0.5) is 5.82 Å². The lowest BCUT2D eigenvalue weighted by atomic mass is 10.1. The Morgan fingerprint density at radius 2 is 2.16 bits per heavy atom. The molecule has 1 aliphatic rings. The topological polar surface area (TPSA) is 89.7 Å². The molecule has 0 saturated heterocycles. The smallest absolute Gasteiger partial charge is 0.276 e. The van der Waals surface area contributed by atoms with Crippen LogP contribution < -0.4 is 5.32 Å². The van der Waals surface area contributed by atoms with Crippen molar-refractivity contribution in [2.45, 2.75) is 26.2 Å². The molecule has 1 aliphatic heterocycles. The molecule has 1 N–H and O–H groups in total. The summed E-state index contributed by atoms with van der Waals surface area (Å²) in [5.41, 5.74) is 1.35. The largest absolute Gasteiger partial charge is 0.364 e. The van der Waals surface area contributed by atoms with E-state index in [0.717, 1.165) is 42.1 Å². The number of hydrogen-bond acceptors (Lipinski definition) is 9. The van der Waals surface area contributed by atoms with Gasteiger partial charge in [0, 0.05) is 32.2 Å². The fraction of sp³-hybridized carbons (Fsp3) is 0.600. The summed E-state index contributed by atoms with van der Waals surface area (Å²) in [6.07, 6.45) is 0.666. The average Bonchev–Trinajstić information content (AvgIpc) is 3.25. The number of tetrazole rings is 1. The van der Waals surface area contributed by atoms with Crippen molar-refractivity contribution in [2.75, 3.05) is 39.2 Å². The van der Waals surface area contributed by atoms with Gasteiger partial charge >= 0.3 is 0 Å². The van der Waals surface area contributed by atoms with Gasteiger partial charge in [0.05, 0.1) is 11.9 Å². The van der Waals surface area contributed by atoms with Gasteiger partial charge in [-0.2, -0.15) is 9.50 Å². The Balaban J connectivity index is 1.81. The molecule has 0 aliphatic carbocycles. The maximum Gasteiger partial charge on any atom is 0.276 e. The zero-order chi connectivity index (χ0) is 17.4. The molecule has 0 atom stereocenters. The second-order valence-corrected chi connectivity index (χ2v) is 7.02. The first-order chi connectivity index (χ1) is 12.2. The summed E-state index contributed by atoms with van der Waals surface area (Å²) in [6, 6.07) is 0. The molecular weight excluding hydrogens is 342 g/mol. The van der Waals surface area contributed by atoms with Crippen LogP contribution >= 0.6 is 11.3 Å². The third-order valence-electron chi connectivity index (χ3n) is 4.62. The summed E-state index contributed by atoms with van der Waals surface area (Å²) in [5, 5.41) is 16.4. The summed E-state index contributed by atoms with van der Waals surface area (Å²) in [6.45, 7) is 5.77. The number of fused-ring (bicyclic) bond motifs is 5. The van der Waals surface area contributed by atoms with E-state index in [4.69, 9.17) is 9.47 Å². The maximum absolute atomic E-state index is 5.27. The Kier molecular flexibility index (Phi) is 4.50. The third kappa shape index (κ3) is 2.84. The summed E-state index contributed by atoms with van der Waals surface area (Å²) in [4.78, 5) is 9.47. The van der Waals surface area contributed by atoms with Crippen molar-refractivity contribution in [3.8, 4) is 0 Å². The number of thiophene rings is 1. The van der Waals surface area contributed by atoms with E-state index in [9.17, 15) is 0 Å². The number of ether oxygens (including phenoxy) is 2. The van der Waals surface area contributed by atoms with E-state index in [-0.39, 0.29) is 6.29 Å². The molecule has 0 fully saturated rings. The Morgan fingerprint density at radius 3 is 2.92 bits per heavy atom. The summed E-state index contributed by atoms with van der Waals surface area (Å²) in [5.74, 6) is 1.28. The van der Waals surface area contributed by atoms with Crippen LogP contribution in [0.2, 0.25) is 0 Å². The Labute approximate surface area is 148 Å². The normalized spacial score (nSPS) is 15.4. The predicted molar refractivity (Wildman–Crippen MR) is 94.9 cm³/mol. The maximum atomic E-state index is 5.27. The Morgan fingerprint density at radius 1 is 1.32 bits per heavy atom. The van der Waals surface area contributed by atoms with Gasteiger partial charge in [-0.15, -0.1) is 11.3 Å². The fourth-order valence-electron chi connectivity index (χ4n) is 3.22. The Bertz CT molecular complexity index is 889. The molecule has 4 rings (SSSR count). The van der Waals surface area contributed by atoms with Crippen molar-refractivity contribution >= 4 is 33.1 Å². The predicted octanol–water partition coefficient (Wildman–Crippen LogP) is 1.14. The minimum Gasteiger partial charge on any atom is -0.364 e. The van der Waals surface area contributed by atoms with Crippen LogP contribution in [-0.4, -0.2) is 70.1 Å².